The second-order valence-corrected chi connectivity index (χ2v) is 15.4. The predicted octanol–water partition coefficient (Wildman–Crippen LogP) is -0.713. The molecule has 0 aliphatic carbocycles. The summed E-state index contributed by atoms with van der Waals surface area (Å²) in [5, 5.41) is 0. The van der Waals surface area contributed by atoms with Crippen LogP contribution in [0.15, 0.2) is 0 Å². The molecule has 6 aliphatic rings. The van der Waals surface area contributed by atoms with Crippen LogP contribution in [-0.2, 0) is 119 Å². The summed E-state index contributed by atoms with van der Waals surface area (Å²) in [6.45, 7) is 10.9. The number of hydrogen-bond donors (Lipinski definition) is 0. The molecular weight excluding hydrogens is 856 g/mol. The number of rotatable bonds is 14. The maximum absolute atomic E-state index is 12.7. The van der Waals surface area contributed by atoms with Gasteiger partial charge in [0.25, 0.3) is 11.9 Å². The van der Waals surface area contributed by atoms with E-state index < -0.39 is 172 Å². The summed E-state index contributed by atoms with van der Waals surface area (Å²) in [6, 6.07) is 0. The number of carbonyl (C=O) groups excluding carboxylic acids is 7. The number of carbonyl (C=O) groups is 7. The first-order valence-electron chi connectivity index (χ1n) is 20.0. The SMILES string of the molecule is CC(=O)OCC1O[C@@H]2OC(C)(OCC3O[C@H]4OC(C)O[C@H]4C(OC4(C)O[C@@H]5OC(COC(C)=O)[C@@H](OC(C)=O)[C@@H](OC(C)=O)[C@H]5O4)[C@H]3OC(C)=O)O[C@@H]2[C@H](OC(C)=O)[C@@H]1OC(C)=O. The van der Waals surface area contributed by atoms with Crippen LogP contribution in [0.4, 0.5) is 0 Å². The van der Waals surface area contributed by atoms with Crippen molar-refractivity contribution in [2.75, 3.05) is 19.8 Å². The summed E-state index contributed by atoms with van der Waals surface area (Å²) in [5.74, 6) is -9.30. The first-order chi connectivity index (χ1) is 29.5. The molecule has 0 saturated carbocycles. The third-order valence-electron chi connectivity index (χ3n) is 10.1. The average Bonchev–Trinajstić information content (AvgIpc) is 3.82. The zero-order valence-corrected chi connectivity index (χ0v) is 36.1. The molecule has 0 bridgehead atoms. The van der Waals surface area contributed by atoms with Gasteiger partial charge in [0, 0.05) is 62.3 Å². The zero-order chi connectivity index (χ0) is 46.1. The molecule has 7 unspecified atom stereocenters. The third-order valence-corrected chi connectivity index (χ3v) is 10.1. The molecule has 0 amide bonds. The van der Waals surface area contributed by atoms with Gasteiger partial charge < -0.3 is 75.8 Å². The Kier molecular flexibility index (Phi) is 15.0. The lowest BCUT2D eigenvalue weighted by Crippen LogP contribution is -2.62. The summed E-state index contributed by atoms with van der Waals surface area (Å²) in [7, 11) is 0. The van der Waals surface area contributed by atoms with E-state index in [9.17, 15) is 33.6 Å². The summed E-state index contributed by atoms with van der Waals surface area (Å²) in [5.41, 5.74) is 0. The van der Waals surface area contributed by atoms with Crippen LogP contribution in [-0.4, -0.2) is 172 Å². The summed E-state index contributed by atoms with van der Waals surface area (Å²) in [4.78, 5) is 85.1. The molecule has 25 heteroatoms. The third kappa shape index (κ3) is 11.6. The van der Waals surface area contributed by atoms with Gasteiger partial charge in [-0.25, -0.2) is 0 Å². The Labute approximate surface area is 359 Å². The quantitative estimate of drug-likeness (QED) is 0.154. The fourth-order valence-electron chi connectivity index (χ4n) is 7.94. The molecule has 6 aliphatic heterocycles. The molecule has 6 saturated heterocycles. The fraction of sp³-hybridized carbons (Fsp3) is 0.816. The minimum absolute atomic E-state index is 0.411. The second kappa shape index (κ2) is 19.5. The molecule has 0 N–H and O–H groups in total. The van der Waals surface area contributed by atoms with Crippen molar-refractivity contribution in [3.8, 4) is 0 Å². The van der Waals surface area contributed by atoms with Gasteiger partial charge in [-0.15, -0.1) is 0 Å². The van der Waals surface area contributed by atoms with Gasteiger partial charge in [0.15, 0.2) is 67.9 Å². The Hall–Kier alpha value is -4.15. The van der Waals surface area contributed by atoms with Crippen LogP contribution >= 0.6 is 0 Å². The van der Waals surface area contributed by atoms with Crippen molar-refractivity contribution in [1.29, 1.82) is 0 Å². The van der Waals surface area contributed by atoms with Gasteiger partial charge >= 0.3 is 41.8 Å². The van der Waals surface area contributed by atoms with Crippen LogP contribution in [0.2, 0.25) is 0 Å². The molecule has 63 heavy (non-hydrogen) atoms. The highest BCUT2D eigenvalue weighted by molar-refractivity contribution is 5.69. The van der Waals surface area contributed by atoms with E-state index >= 15 is 0 Å². The van der Waals surface area contributed by atoms with Crippen molar-refractivity contribution in [2.45, 2.75) is 180 Å². The highest BCUT2D eigenvalue weighted by Crippen LogP contribution is 2.45. The molecule has 354 valence electrons. The molecule has 0 aromatic rings. The minimum atomic E-state index is -2.11. The lowest BCUT2D eigenvalue weighted by molar-refractivity contribution is -0.396. The molecule has 0 aromatic heterocycles. The molecule has 0 spiro atoms. The fourth-order valence-corrected chi connectivity index (χ4v) is 7.94. The summed E-state index contributed by atoms with van der Waals surface area (Å²) >= 11 is 0. The molecule has 0 radical (unpaired) electrons. The van der Waals surface area contributed by atoms with Gasteiger partial charge in [0.05, 0.1) is 6.61 Å². The van der Waals surface area contributed by atoms with Crippen molar-refractivity contribution < 1.29 is 119 Å². The normalized spacial score (nSPS) is 41.5. The van der Waals surface area contributed by atoms with Crippen molar-refractivity contribution in [3.05, 3.63) is 0 Å². The molecule has 18 atom stereocenters. The molecule has 6 fully saturated rings. The molecular formula is C38H52O25. The highest BCUT2D eigenvalue weighted by Gasteiger charge is 2.64. The van der Waals surface area contributed by atoms with E-state index in [1.54, 1.807) is 6.92 Å². The van der Waals surface area contributed by atoms with Crippen molar-refractivity contribution >= 4 is 41.8 Å². The molecule has 0 aromatic carbocycles. The average molecular weight is 909 g/mol. The number of ether oxygens (including phenoxy) is 18. The maximum Gasteiger partial charge on any atom is 0.303 e. The lowest BCUT2D eigenvalue weighted by atomic mass is 9.98. The van der Waals surface area contributed by atoms with E-state index in [-0.39, 0.29) is 0 Å². The maximum atomic E-state index is 12.7. The van der Waals surface area contributed by atoms with Crippen LogP contribution in [0.5, 0.6) is 0 Å². The Morgan fingerprint density at radius 2 is 0.794 bits per heavy atom. The standard InChI is InChI=1S/C38H52O25/c1-14(39)46-11-22-25(49-16(3)41)28(52-19(6)44)32-35(57-22)62-37(9,60-32)48-13-24-27(51-18(5)43)30(31-34(56-24)55-21(8)54-31)59-38(10)61-33-29(53-20(7)45)26(50-17(4)42)23(12-47-15(2)40)58-36(33)63-38/h21-36H,11-13H2,1-10H3/t21?,22?,23?,24?,25-,26-,27+,28-,29-,30?,31+,32-,33-,34-,35-,36+,37?,38?/m1/s1. The van der Waals surface area contributed by atoms with Gasteiger partial charge in [-0.1, -0.05) is 0 Å². The smallest absolute Gasteiger partial charge is 0.303 e. The van der Waals surface area contributed by atoms with Crippen molar-refractivity contribution in [3.63, 3.8) is 0 Å². The van der Waals surface area contributed by atoms with E-state index in [0.717, 1.165) is 48.5 Å². The van der Waals surface area contributed by atoms with Gasteiger partial charge in [-0.05, 0) is 6.92 Å². The van der Waals surface area contributed by atoms with Crippen LogP contribution in [0, 0.1) is 0 Å². The van der Waals surface area contributed by atoms with Crippen LogP contribution in [0.3, 0.4) is 0 Å². The monoisotopic (exact) mass is 908 g/mol. The summed E-state index contributed by atoms with van der Waals surface area (Å²) < 4.78 is 105. The summed E-state index contributed by atoms with van der Waals surface area (Å²) in [6.07, 6.45) is -20.1. The Bertz CT molecular complexity index is 1740. The van der Waals surface area contributed by atoms with E-state index in [0.29, 0.717) is 0 Å². The lowest BCUT2D eigenvalue weighted by Gasteiger charge is -2.44. The van der Waals surface area contributed by atoms with E-state index in [1.165, 1.54) is 13.8 Å². The van der Waals surface area contributed by atoms with Gasteiger partial charge in [-0.3, -0.25) is 43.0 Å². The Morgan fingerprint density at radius 3 is 1.24 bits per heavy atom. The van der Waals surface area contributed by atoms with E-state index in [1.807, 2.05) is 0 Å². The second-order valence-electron chi connectivity index (χ2n) is 15.4. The van der Waals surface area contributed by atoms with Gasteiger partial charge in [-0.2, -0.15) is 0 Å². The first-order valence-corrected chi connectivity index (χ1v) is 20.0. The Morgan fingerprint density at radius 1 is 0.413 bits per heavy atom. The van der Waals surface area contributed by atoms with Crippen molar-refractivity contribution in [1.82, 2.24) is 0 Å². The van der Waals surface area contributed by atoms with Gasteiger partial charge in [0.1, 0.15) is 43.7 Å². The van der Waals surface area contributed by atoms with Crippen molar-refractivity contribution in [2.24, 2.45) is 0 Å². The van der Waals surface area contributed by atoms with E-state index in [4.69, 9.17) is 85.3 Å². The Balaban J connectivity index is 1.24. The molecule has 25 nitrogen and oxygen atoms in total. The zero-order valence-electron chi connectivity index (χ0n) is 36.1. The van der Waals surface area contributed by atoms with Crippen LogP contribution in [0.25, 0.3) is 0 Å². The topological polar surface area (TPSA) is 286 Å². The molecule has 6 heterocycles. The van der Waals surface area contributed by atoms with Crippen LogP contribution < -0.4 is 0 Å². The largest absolute Gasteiger partial charge is 0.463 e. The highest BCUT2D eigenvalue weighted by atomic mass is 17.0. The predicted molar refractivity (Wildman–Crippen MR) is 192 cm³/mol. The molecule has 6 rings (SSSR count). The first kappa shape index (κ1) is 48.3. The van der Waals surface area contributed by atoms with Crippen LogP contribution in [0.1, 0.15) is 69.2 Å². The van der Waals surface area contributed by atoms with Gasteiger partial charge in [0.2, 0.25) is 0 Å². The van der Waals surface area contributed by atoms with E-state index in [2.05, 4.69) is 0 Å². The number of fused-ring (bicyclic) bond motifs is 3. The minimum Gasteiger partial charge on any atom is -0.463 e. The number of esters is 7. The number of hydrogen-bond acceptors (Lipinski definition) is 25.